The van der Waals surface area contributed by atoms with Crippen LogP contribution in [-0.4, -0.2) is 0 Å². The summed E-state index contributed by atoms with van der Waals surface area (Å²) in [6.45, 7) is 10.5. The Morgan fingerprint density at radius 2 is 1.71 bits per heavy atom. The minimum Gasteiger partial charge on any atom is -0.0991 e. The molecule has 0 heteroatoms. The van der Waals surface area contributed by atoms with E-state index in [9.17, 15) is 0 Å². The van der Waals surface area contributed by atoms with E-state index in [-0.39, 0.29) is 0 Å². The zero-order chi connectivity index (χ0) is 10.8. The van der Waals surface area contributed by atoms with Crippen molar-refractivity contribution in [2.24, 2.45) is 11.8 Å². The van der Waals surface area contributed by atoms with Crippen molar-refractivity contribution in [3.8, 4) is 0 Å². The van der Waals surface area contributed by atoms with Gasteiger partial charge in [0.2, 0.25) is 0 Å². The zero-order valence-electron chi connectivity index (χ0n) is 9.87. The lowest BCUT2D eigenvalue weighted by Gasteiger charge is -2.09. The Morgan fingerprint density at radius 1 is 1.00 bits per heavy atom. The molecule has 0 radical (unpaired) electrons. The van der Waals surface area contributed by atoms with Gasteiger partial charge in [0.15, 0.2) is 0 Å². The maximum atomic E-state index is 3.62. The first-order valence-electron chi connectivity index (χ1n) is 5.61. The van der Waals surface area contributed by atoms with E-state index in [1.807, 2.05) is 12.2 Å². The highest BCUT2D eigenvalue weighted by molar-refractivity contribution is 5.08. The molecule has 0 N–H and O–H groups in total. The van der Waals surface area contributed by atoms with Crippen molar-refractivity contribution in [3.05, 3.63) is 37.0 Å². The lowest BCUT2D eigenvalue weighted by molar-refractivity contribution is 0.453. The molecule has 0 nitrogen and oxygen atoms in total. The molecule has 0 aromatic heterocycles. The summed E-state index contributed by atoms with van der Waals surface area (Å²) >= 11 is 0. The molecule has 0 unspecified atom stereocenters. The minimum atomic E-state index is 0.811. The highest BCUT2D eigenvalue weighted by Gasteiger charge is 2.00. The van der Waals surface area contributed by atoms with Gasteiger partial charge >= 0.3 is 0 Å². The molecular formula is C14H24. The van der Waals surface area contributed by atoms with Gasteiger partial charge in [-0.2, -0.15) is 0 Å². The van der Waals surface area contributed by atoms with Crippen LogP contribution < -0.4 is 0 Å². The van der Waals surface area contributed by atoms with Gasteiger partial charge in [-0.25, -0.2) is 0 Å². The second-order valence-electron chi connectivity index (χ2n) is 4.36. The molecule has 0 aliphatic heterocycles. The number of allylic oxidation sites excluding steroid dienone is 5. The van der Waals surface area contributed by atoms with Gasteiger partial charge in [-0.05, 0) is 18.3 Å². The highest BCUT2D eigenvalue weighted by Crippen LogP contribution is 2.15. The quantitative estimate of drug-likeness (QED) is 0.511. The molecule has 0 heterocycles. The molecule has 0 aliphatic rings. The largest absolute Gasteiger partial charge is 0.0991 e. The van der Waals surface area contributed by atoms with Gasteiger partial charge in [-0.1, -0.05) is 70.6 Å². The Balaban J connectivity index is 3.52. The van der Waals surface area contributed by atoms with E-state index in [4.69, 9.17) is 0 Å². The maximum absolute atomic E-state index is 3.62. The fraction of sp³-hybridized carbons (Fsp3) is 0.571. The van der Waals surface area contributed by atoms with Gasteiger partial charge in [0.25, 0.3) is 0 Å². The van der Waals surface area contributed by atoms with E-state index >= 15 is 0 Å². The third-order valence-corrected chi connectivity index (χ3v) is 2.27. The fourth-order valence-electron chi connectivity index (χ4n) is 1.27. The Bertz CT molecular complexity index is 184. The summed E-state index contributed by atoms with van der Waals surface area (Å²) in [5.74, 6) is 1.65. The standard InChI is InChI=1S/C14H24/c1-5-6-7-8-9-10-14(4)12-11-13(2)3/h5-9,13-14H,1,10-12H2,2-4H3/b7-6-,9-8-/t14-/m1/s1. The normalized spacial score (nSPS) is 14.3. The Morgan fingerprint density at radius 3 is 2.29 bits per heavy atom. The minimum absolute atomic E-state index is 0.811. The third kappa shape index (κ3) is 9.31. The zero-order valence-corrected chi connectivity index (χ0v) is 9.87. The Hall–Kier alpha value is -0.780. The topological polar surface area (TPSA) is 0 Å². The van der Waals surface area contributed by atoms with Gasteiger partial charge in [0.1, 0.15) is 0 Å². The van der Waals surface area contributed by atoms with Crippen LogP contribution in [0.25, 0.3) is 0 Å². The van der Waals surface area contributed by atoms with E-state index in [2.05, 4.69) is 39.5 Å². The summed E-state index contributed by atoms with van der Waals surface area (Å²) in [7, 11) is 0. The van der Waals surface area contributed by atoms with E-state index < -0.39 is 0 Å². The van der Waals surface area contributed by atoms with Gasteiger partial charge in [-0.3, -0.25) is 0 Å². The second-order valence-corrected chi connectivity index (χ2v) is 4.36. The van der Waals surface area contributed by atoms with Gasteiger partial charge in [0.05, 0.1) is 0 Å². The molecule has 0 amide bonds. The summed E-state index contributed by atoms with van der Waals surface area (Å²) in [5.41, 5.74) is 0. The van der Waals surface area contributed by atoms with E-state index in [0.29, 0.717) is 0 Å². The molecule has 80 valence electrons. The van der Waals surface area contributed by atoms with Crippen LogP contribution in [0.3, 0.4) is 0 Å². The summed E-state index contributed by atoms with van der Waals surface area (Å²) < 4.78 is 0. The van der Waals surface area contributed by atoms with Crippen LogP contribution in [0.2, 0.25) is 0 Å². The molecule has 0 fully saturated rings. The second kappa shape index (κ2) is 8.80. The van der Waals surface area contributed by atoms with Crippen molar-refractivity contribution in [1.29, 1.82) is 0 Å². The molecule has 0 aromatic rings. The van der Waals surface area contributed by atoms with Crippen LogP contribution in [0.4, 0.5) is 0 Å². The van der Waals surface area contributed by atoms with Crippen molar-refractivity contribution >= 4 is 0 Å². The number of hydrogen-bond acceptors (Lipinski definition) is 0. The number of hydrogen-bond donors (Lipinski definition) is 0. The lowest BCUT2D eigenvalue weighted by atomic mass is 9.97. The predicted octanol–water partition coefficient (Wildman–Crippen LogP) is 4.75. The smallest absolute Gasteiger partial charge is 0.0322 e. The van der Waals surface area contributed by atoms with Crippen LogP contribution in [0.1, 0.15) is 40.0 Å². The summed E-state index contributed by atoms with van der Waals surface area (Å²) in [5, 5.41) is 0. The molecule has 14 heavy (non-hydrogen) atoms. The van der Waals surface area contributed by atoms with Crippen LogP contribution in [0.5, 0.6) is 0 Å². The lowest BCUT2D eigenvalue weighted by Crippen LogP contribution is -1.96. The SMILES string of the molecule is C=C/C=C\C=C/C[C@@H](C)CCC(C)C. The van der Waals surface area contributed by atoms with E-state index in [1.54, 1.807) is 6.08 Å². The van der Waals surface area contributed by atoms with Crippen molar-refractivity contribution < 1.29 is 0 Å². The predicted molar refractivity (Wildman–Crippen MR) is 66.3 cm³/mol. The van der Waals surface area contributed by atoms with E-state index in [1.165, 1.54) is 19.3 Å². The Kier molecular flexibility index (Phi) is 8.31. The molecule has 1 atom stereocenters. The monoisotopic (exact) mass is 192 g/mol. The average Bonchev–Trinajstić information content (AvgIpc) is 2.14. The van der Waals surface area contributed by atoms with Gasteiger partial charge in [0, 0.05) is 0 Å². The molecular weight excluding hydrogens is 168 g/mol. The first-order valence-corrected chi connectivity index (χ1v) is 5.61. The molecule has 0 saturated heterocycles. The van der Waals surface area contributed by atoms with Crippen LogP contribution in [0, 0.1) is 11.8 Å². The first kappa shape index (κ1) is 13.2. The molecule has 0 saturated carbocycles. The Labute approximate surface area is 89.4 Å². The summed E-state index contributed by atoms with van der Waals surface area (Å²) in [6.07, 6.45) is 14.0. The van der Waals surface area contributed by atoms with Gasteiger partial charge in [-0.15, -0.1) is 0 Å². The van der Waals surface area contributed by atoms with Crippen molar-refractivity contribution in [1.82, 2.24) is 0 Å². The van der Waals surface area contributed by atoms with Crippen LogP contribution in [-0.2, 0) is 0 Å². The number of rotatable bonds is 7. The molecule has 0 rings (SSSR count). The van der Waals surface area contributed by atoms with E-state index in [0.717, 1.165) is 11.8 Å². The molecule has 0 aliphatic carbocycles. The average molecular weight is 192 g/mol. The highest BCUT2D eigenvalue weighted by atomic mass is 14.1. The van der Waals surface area contributed by atoms with Crippen molar-refractivity contribution in [3.63, 3.8) is 0 Å². The van der Waals surface area contributed by atoms with Crippen LogP contribution >= 0.6 is 0 Å². The molecule has 0 spiro atoms. The van der Waals surface area contributed by atoms with Crippen molar-refractivity contribution in [2.75, 3.05) is 0 Å². The summed E-state index contributed by atoms with van der Waals surface area (Å²) in [4.78, 5) is 0. The fourth-order valence-corrected chi connectivity index (χ4v) is 1.27. The van der Waals surface area contributed by atoms with Crippen LogP contribution in [0.15, 0.2) is 37.0 Å². The maximum Gasteiger partial charge on any atom is -0.0322 e. The first-order chi connectivity index (χ1) is 6.66. The molecule has 0 bridgehead atoms. The third-order valence-electron chi connectivity index (χ3n) is 2.27. The summed E-state index contributed by atoms with van der Waals surface area (Å²) in [6, 6.07) is 0. The van der Waals surface area contributed by atoms with Gasteiger partial charge < -0.3 is 0 Å². The van der Waals surface area contributed by atoms with Crippen molar-refractivity contribution in [2.45, 2.75) is 40.0 Å². The molecule has 0 aromatic carbocycles.